The molecule has 25 unspecified atom stereocenters. The van der Waals surface area contributed by atoms with E-state index in [-0.39, 0.29) is 206 Å². The number of aliphatic hydroxyl groups excluding tert-OH is 5. The van der Waals surface area contributed by atoms with Gasteiger partial charge in [-0.1, -0.05) is 100 Å². The van der Waals surface area contributed by atoms with Crippen LogP contribution in [0, 0.1) is 54.8 Å². The first-order chi connectivity index (χ1) is 63.1. The SMILES string of the molecule is CC(=O)NC1C(OC(C)=O)OC(COC(C)=O)C(C)C1C.CC(=O)NC1C(OCCOCCN)OC(COC(C)=O)C(C)C1C.CC(=O)NC1C(OCCOCCN=[N+]=[N-])OC(COC(C)=O)C(C)C1C.CC(=O)OCC1OC2OC(C)=NC2C(C)C1C.C[Si](C)(C)OS(=O)(=O)C(F)(F)F.C[Si](C)(C)OS(=O)(=O)C(F)(F)F.Cl.ClC(Cl)Cl.NC1C(O)OC(CO)C(O)C1O.[CH3-].[N-]=[N+]=NCCOCCO.[Pd]. The van der Waals surface area contributed by atoms with E-state index in [1.807, 2.05) is 48.5 Å². The van der Waals surface area contributed by atoms with Crippen molar-refractivity contribution in [2.24, 2.45) is 74.0 Å². The Hall–Kier alpha value is -5.17. The number of aliphatic hydroxyl groups is 5. The molecule has 0 bridgehead atoms. The van der Waals surface area contributed by atoms with Gasteiger partial charge in [-0.05, 0) is 97.7 Å². The summed E-state index contributed by atoms with van der Waals surface area (Å²) in [6.07, 6.45) is -8.48. The van der Waals surface area contributed by atoms with Crippen LogP contribution in [0.15, 0.2) is 15.2 Å². The molecular formula is C78H145Cl4F6N12O35PdS2Si2-. The van der Waals surface area contributed by atoms with Crippen molar-refractivity contribution < 1.29 is 211 Å². The van der Waals surface area contributed by atoms with Crippen molar-refractivity contribution in [2.45, 2.75) is 277 Å². The Balaban J connectivity index is -0.000000371. The number of nitrogens with zero attached hydrogens (tertiary/aromatic N) is 7. The van der Waals surface area contributed by atoms with Gasteiger partial charge in [-0.2, -0.15) is 43.2 Å². The van der Waals surface area contributed by atoms with Crippen molar-refractivity contribution in [3.8, 4) is 0 Å². The number of rotatable bonds is 35. The zero-order valence-corrected chi connectivity index (χ0v) is 91.0. The number of fused-ring (bicyclic) bond motifs is 1. The summed E-state index contributed by atoms with van der Waals surface area (Å²) in [6.45, 7) is 41.1. The van der Waals surface area contributed by atoms with E-state index in [4.69, 9.17) is 148 Å². The van der Waals surface area contributed by atoms with E-state index < -0.39 is 132 Å². The minimum absolute atomic E-state index is 0. The van der Waals surface area contributed by atoms with Crippen molar-refractivity contribution in [2.75, 3.05) is 112 Å². The summed E-state index contributed by atoms with van der Waals surface area (Å²) in [7, 11) is -16.2. The quantitative estimate of drug-likeness (QED) is 0.00270. The fourth-order valence-electron chi connectivity index (χ4n) is 12.3. The molecule has 0 aliphatic carbocycles. The minimum atomic E-state index is -5.39. The number of azide groups is 2. The van der Waals surface area contributed by atoms with Crippen LogP contribution >= 0.6 is 47.2 Å². The molecule has 0 aromatic heterocycles. The number of carbonyl (C=O) groups is 8. The molecule has 828 valence electrons. The summed E-state index contributed by atoms with van der Waals surface area (Å²) in [6, 6.07) is -2.00. The van der Waals surface area contributed by atoms with Crippen molar-refractivity contribution >= 4 is 138 Å². The van der Waals surface area contributed by atoms with Gasteiger partial charge < -0.3 is 144 Å². The number of aliphatic imine (C=N–C) groups is 1. The second-order valence-electron chi connectivity index (χ2n) is 33.0. The van der Waals surface area contributed by atoms with E-state index in [0.29, 0.717) is 71.2 Å². The van der Waals surface area contributed by atoms with Crippen LogP contribution in [0.1, 0.15) is 118 Å². The predicted octanol–water partition coefficient (Wildman–Crippen LogP) is 6.70. The van der Waals surface area contributed by atoms with Crippen LogP contribution in [0.25, 0.3) is 20.9 Å². The first-order valence-corrected chi connectivity index (χ1v) is 53.7. The summed E-state index contributed by atoms with van der Waals surface area (Å²) in [5.74, 6) is -0.803. The largest absolute Gasteiger partial charge is 0.522 e. The number of halogens is 10. The molecule has 47 nitrogen and oxygen atoms in total. The number of nitrogens with one attached hydrogen (secondary N) is 3. The smallest absolute Gasteiger partial charge is 0.463 e. The number of alkyl halides is 9. The van der Waals surface area contributed by atoms with E-state index in [2.05, 4.69) is 62.6 Å². The molecule has 0 spiro atoms. The number of hydrogen-bond donors (Lipinski definition) is 10. The number of amides is 3. The van der Waals surface area contributed by atoms with E-state index in [1.54, 1.807) is 0 Å². The summed E-state index contributed by atoms with van der Waals surface area (Å²) in [5, 5.41) is 59.4. The Kier molecular flexibility index (Phi) is 76.7. The van der Waals surface area contributed by atoms with Crippen molar-refractivity contribution in [3.63, 3.8) is 0 Å². The first kappa shape index (κ1) is 145. The molecule has 0 aromatic rings. The van der Waals surface area contributed by atoms with Gasteiger partial charge in [0.1, 0.15) is 50.8 Å². The van der Waals surface area contributed by atoms with Crippen LogP contribution in [-0.4, -0.2) is 344 Å². The molecule has 6 heterocycles. The van der Waals surface area contributed by atoms with Gasteiger partial charge in [-0.25, -0.2) is 4.99 Å². The molecule has 62 heteroatoms. The van der Waals surface area contributed by atoms with Gasteiger partial charge in [0.25, 0.3) is 0 Å². The van der Waals surface area contributed by atoms with Gasteiger partial charge in [-0.3, -0.25) is 38.4 Å². The zero-order valence-electron chi connectivity index (χ0n) is 82.7. The van der Waals surface area contributed by atoms with Crippen LogP contribution in [0.5, 0.6) is 0 Å². The Morgan fingerprint density at radius 1 is 0.500 bits per heavy atom. The maximum absolute atomic E-state index is 11.7. The molecule has 0 saturated carbocycles. The number of ether oxygens (including phenoxy) is 16. The second kappa shape index (κ2) is 73.8. The van der Waals surface area contributed by atoms with E-state index in [9.17, 15) is 91.7 Å². The summed E-state index contributed by atoms with van der Waals surface area (Å²) in [5.41, 5.74) is 16.0. The molecule has 6 aliphatic rings. The molecule has 12 N–H and O–H groups in total. The molecule has 6 rings (SSSR count). The zero-order chi connectivity index (χ0) is 107. The van der Waals surface area contributed by atoms with Gasteiger partial charge in [0.15, 0.2) is 29.1 Å². The van der Waals surface area contributed by atoms with Crippen LogP contribution in [0.4, 0.5) is 26.3 Å². The fourth-order valence-corrected chi connectivity index (χ4v) is 18.3. The van der Waals surface area contributed by atoms with Crippen LogP contribution < -0.4 is 27.4 Å². The number of carbonyl (C=O) groups excluding carboxylic acids is 8. The first-order valence-electron chi connectivity index (χ1n) is 42.7. The topological polar surface area (TPSA) is 670 Å². The predicted molar refractivity (Wildman–Crippen MR) is 497 cm³/mol. The van der Waals surface area contributed by atoms with Gasteiger partial charge in [-0.15, -0.1) is 12.4 Å². The average Bonchev–Trinajstić information content (AvgIpc) is 1.60. The third-order valence-corrected chi connectivity index (χ3v) is 26.5. The maximum atomic E-state index is 11.7. The molecule has 0 radical (unpaired) electrons. The second-order valence-corrected chi connectivity index (χ2v) is 47.5. The number of nitrogens with two attached hydrogens (primary N) is 2. The summed E-state index contributed by atoms with van der Waals surface area (Å²) < 4.78 is 204. The van der Waals surface area contributed by atoms with Gasteiger partial charge in [0, 0.05) is 112 Å². The third-order valence-electron chi connectivity index (χ3n) is 19.7. The van der Waals surface area contributed by atoms with E-state index >= 15 is 0 Å². The summed E-state index contributed by atoms with van der Waals surface area (Å²) >= 11 is 14.4. The molecule has 5 saturated heterocycles. The molecule has 5 fully saturated rings. The van der Waals surface area contributed by atoms with Crippen LogP contribution in [0.2, 0.25) is 39.3 Å². The van der Waals surface area contributed by atoms with Crippen LogP contribution in [0.3, 0.4) is 0 Å². The maximum Gasteiger partial charge on any atom is 0.522 e. The molecule has 6 aliphatic heterocycles. The monoisotopic (exact) mass is 2290 g/mol. The number of esters is 5. The molecule has 3 amide bonds. The van der Waals surface area contributed by atoms with Gasteiger partial charge >= 0.3 is 61.1 Å². The van der Waals surface area contributed by atoms with Crippen molar-refractivity contribution in [1.29, 1.82) is 0 Å². The van der Waals surface area contributed by atoms with Gasteiger partial charge in [0.05, 0.1) is 115 Å². The van der Waals surface area contributed by atoms with E-state index in [1.165, 1.54) is 94.7 Å². The van der Waals surface area contributed by atoms with E-state index in [0.717, 1.165) is 0 Å². The average molecular weight is 2290 g/mol. The minimum Gasteiger partial charge on any atom is -0.463 e. The number of hydrogen-bond acceptors (Lipinski definition) is 40. The fraction of sp³-hybridized carbons (Fsp3) is 0.872. The molecular weight excluding hydrogens is 2150 g/mol. The molecule has 140 heavy (non-hydrogen) atoms. The van der Waals surface area contributed by atoms with Crippen molar-refractivity contribution in [1.82, 2.24) is 16.0 Å². The Labute approximate surface area is 850 Å². The Morgan fingerprint density at radius 2 is 0.814 bits per heavy atom. The normalized spacial score (nSPS) is 27.6. The Bertz CT molecular complexity index is 3870. The Morgan fingerprint density at radius 3 is 1.10 bits per heavy atom. The van der Waals surface area contributed by atoms with Gasteiger partial charge in [0.2, 0.25) is 46.9 Å². The molecule has 0 aromatic carbocycles. The van der Waals surface area contributed by atoms with Crippen molar-refractivity contribution in [3.05, 3.63) is 28.3 Å². The van der Waals surface area contributed by atoms with Crippen LogP contribution in [-0.2, 0) is 163 Å². The molecule has 25 atom stereocenters. The summed E-state index contributed by atoms with van der Waals surface area (Å²) in [4.78, 5) is 99.0. The standard InChI is InChI=1S/C16H28N4O6.C16H30N2O6.C14H23NO6.C12H19NO4.C6H13NO5.2C4H9F3O3SSi.C4H9N3O2.CHCl3.CH3.ClH.Pd/c1-10-11(2)15(19-12(3)21)16(26-14(10)9-25-13(4)22)24-8-7-23-6-5-18-20-17;1-10-11(2)15(18-12(3)19)16(22-8-7-21-6-5-17)24-14(10)9-23-13(4)20;1-7-8(2)13(15-9(3)16)14(20-11(5)18)21-12(7)6-19-10(4)17;1-6-7(2)11-12(16-8(3)13-11)17-10(6)5-15-9(4)14;7-3-5(10)4(9)2(1-8)12-6(3)11;2*1-12(2,3)10-11(8,9)4(5,6)7;5-7-6-1-3-9-4-2-8;2-1(3)4;;;/h10-11,14-16H,5-9H2,1-4H3,(H,19,21);10-11,14-16H,5-9,17H2,1-4H3,(H,18,19);7-8,12-14H,6H2,1-5H3,(H,15,16);6-7,10-12H,5H2,1-4H3;2-6,8-11H,1,7H2;2*1-3H3;8H,1-4H2;1H;1H3;1H;/q;;;;;;;;;-1;;. The third kappa shape index (κ3) is 62.1.